The number of aliphatic carboxylic acids is 1. The number of carbonyl (C=O) groups excluding carboxylic acids is 1. The van der Waals surface area contributed by atoms with Crippen LogP contribution in [0.1, 0.15) is 43.2 Å². The van der Waals surface area contributed by atoms with E-state index in [0.717, 1.165) is 6.42 Å². The van der Waals surface area contributed by atoms with Crippen molar-refractivity contribution in [3.8, 4) is 11.1 Å². The molecule has 0 aromatic heterocycles. The van der Waals surface area contributed by atoms with Gasteiger partial charge in [-0.15, -0.1) is 0 Å². The van der Waals surface area contributed by atoms with Crippen LogP contribution >= 0.6 is 0 Å². The number of hydrogen-bond donors (Lipinski definition) is 1. The zero-order valence-electron chi connectivity index (χ0n) is 16.0. The summed E-state index contributed by atoms with van der Waals surface area (Å²) in [5.41, 5.74) is 4.72. The number of piperidine rings is 1. The van der Waals surface area contributed by atoms with E-state index in [4.69, 9.17) is 4.74 Å². The number of amides is 1. The van der Waals surface area contributed by atoms with Crippen LogP contribution < -0.4 is 0 Å². The molecule has 1 fully saturated rings. The van der Waals surface area contributed by atoms with Crippen LogP contribution in [0.5, 0.6) is 0 Å². The molecular weight excluding hydrogens is 354 g/mol. The zero-order chi connectivity index (χ0) is 19.7. The van der Waals surface area contributed by atoms with E-state index >= 15 is 0 Å². The minimum absolute atomic E-state index is 0.0106. The van der Waals surface area contributed by atoms with Gasteiger partial charge in [-0.1, -0.05) is 55.5 Å². The number of carbonyl (C=O) groups is 2. The molecule has 2 atom stereocenters. The number of likely N-dealkylation sites (tertiary alicyclic amines) is 1. The van der Waals surface area contributed by atoms with Gasteiger partial charge in [0.2, 0.25) is 0 Å². The molecular formula is C23H25NO4. The molecule has 2 aliphatic rings. The number of rotatable bonds is 4. The van der Waals surface area contributed by atoms with E-state index < -0.39 is 12.1 Å². The van der Waals surface area contributed by atoms with Gasteiger partial charge >= 0.3 is 12.1 Å². The van der Waals surface area contributed by atoms with Crippen LogP contribution in [0.25, 0.3) is 11.1 Å². The molecule has 2 unspecified atom stereocenters. The van der Waals surface area contributed by atoms with E-state index in [1.54, 1.807) is 4.90 Å². The van der Waals surface area contributed by atoms with Crippen LogP contribution in [0.2, 0.25) is 0 Å². The molecule has 1 saturated heterocycles. The van der Waals surface area contributed by atoms with E-state index in [1.165, 1.54) is 22.3 Å². The lowest BCUT2D eigenvalue weighted by Gasteiger charge is -2.37. The maximum Gasteiger partial charge on any atom is 0.410 e. The molecule has 146 valence electrons. The largest absolute Gasteiger partial charge is 0.481 e. The second kappa shape index (κ2) is 7.66. The zero-order valence-corrected chi connectivity index (χ0v) is 16.0. The third kappa shape index (κ3) is 3.49. The summed E-state index contributed by atoms with van der Waals surface area (Å²) in [7, 11) is 0. The number of hydrogen-bond acceptors (Lipinski definition) is 3. The van der Waals surface area contributed by atoms with Crippen molar-refractivity contribution in [2.24, 2.45) is 5.92 Å². The molecule has 1 N–H and O–H groups in total. The lowest BCUT2D eigenvalue weighted by atomic mass is 9.93. The Morgan fingerprint density at radius 2 is 1.64 bits per heavy atom. The van der Waals surface area contributed by atoms with Gasteiger partial charge in [0.05, 0.1) is 6.42 Å². The number of benzene rings is 2. The first kappa shape index (κ1) is 18.5. The number of carboxylic acids is 1. The smallest absolute Gasteiger partial charge is 0.410 e. The molecule has 1 aliphatic carbocycles. The third-order valence-corrected chi connectivity index (χ3v) is 5.92. The Hall–Kier alpha value is -2.82. The summed E-state index contributed by atoms with van der Waals surface area (Å²) in [5, 5.41) is 9.17. The predicted octanol–water partition coefficient (Wildman–Crippen LogP) is 4.51. The van der Waals surface area contributed by atoms with Crippen molar-refractivity contribution in [2.45, 2.75) is 38.1 Å². The number of fused-ring (bicyclic) bond motifs is 3. The average Bonchev–Trinajstić information content (AvgIpc) is 3.01. The molecule has 0 radical (unpaired) electrons. The van der Waals surface area contributed by atoms with E-state index in [-0.39, 0.29) is 25.0 Å². The van der Waals surface area contributed by atoms with Crippen LogP contribution in [0.15, 0.2) is 48.5 Å². The van der Waals surface area contributed by atoms with Crippen molar-refractivity contribution in [3.63, 3.8) is 0 Å². The number of ether oxygens (including phenoxy) is 1. The van der Waals surface area contributed by atoms with Gasteiger partial charge in [-0.3, -0.25) is 4.79 Å². The Labute approximate surface area is 164 Å². The van der Waals surface area contributed by atoms with Gasteiger partial charge in [0.15, 0.2) is 0 Å². The van der Waals surface area contributed by atoms with E-state index in [1.807, 2.05) is 24.3 Å². The van der Waals surface area contributed by atoms with Gasteiger partial charge in [0, 0.05) is 18.5 Å². The highest BCUT2D eigenvalue weighted by molar-refractivity contribution is 5.79. The molecule has 1 amide bonds. The van der Waals surface area contributed by atoms with Gasteiger partial charge in [0.25, 0.3) is 0 Å². The van der Waals surface area contributed by atoms with Crippen molar-refractivity contribution in [1.29, 1.82) is 0 Å². The van der Waals surface area contributed by atoms with Crippen LogP contribution in [0, 0.1) is 5.92 Å². The first-order valence-corrected chi connectivity index (χ1v) is 9.88. The van der Waals surface area contributed by atoms with Crippen LogP contribution in [-0.2, 0) is 9.53 Å². The van der Waals surface area contributed by atoms with Crippen LogP contribution in [0.3, 0.4) is 0 Å². The number of carboxylic acid groups (broad SMARTS) is 1. The first-order valence-electron chi connectivity index (χ1n) is 9.88. The Bertz CT molecular complexity index is 848. The molecule has 1 aliphatic heterocycles. The Balaban J connectivity index is 1.51. The van der Waals surface area contributed by atoms with E-state index in [2.05, 4.69) is 31.2 Å². The fourth-order valence-corrected chi connectivity index (χ4v) is 4.52. The SMILES string of the molecule is CC1CCC(CC(=O)O)N(C(=O)OCC2c3ccccc3-c3ccccc32)C1. The standard InChI is InChI=1S/C23H25NO4/c1-15-10-11-16(12-22(25)26)24(13-15)23(27)28-14-21-19-8-4-2-6-17(19)18-7-3-5-9-20(18)21/h2-9,15-16,21H,10-14H2,1H3,(H,25,26). The quantitative estimate of drug-likeness (QED) is 0.849. The van der Waals surface area contributed by atoms with Crippen molar-refractivity contribution < 1.29 is 19.4 Å². The molecule has 2 aromatic carbocycles. The predicted molar refractivity (Wildman–Crippen MR) is 106 cm³/mol. The van der Waals surface area contributed by atoms with Gasteiger partial charge < -0.3 is 14.7 Å². The molecule has 1 heterocycles. The Morgan fingerprint density at radius 3 is 2.25 bits per heavy atom. The van der Waals surface area contributed by atoms with Crippen molar-refractivity contribution in [3.05, 3.63) is 59.7 Å². The summed E-state index contributed by atoms with van der Waals surface area (Å²) in [6, 6.07) is 16.2. The minimum atomic E-state index is -0.879. The van der Waals surface area contributed by atoms with Gasteiger partial charge in [-0.2, -0.15) is 0 Å². The fraction of sp³-hybridized carbons (Fsp3) is 0.391. The molecule has 2 aromatic rings. The molecule has 5 nitrogen and oxygen atoms in total. The Morgan fingerprint density at radius 1 is 1.04 bits per heavy atom. The monoisotopic (exact) mass is 379 g/mol. The molecule has 0 spiro atoms. The summed E-state index contributed by atoms with van der Waals surface area (Å²) >= 11 is 0. The van der Waals surface area contributed by atoms with Crippen molar-refractivity contribution in [2.75, 3.05) is 13.2 Å². The second-order valence-corrected chi connectivity index (χ2v) is 7.89. The first-order chi connectivity index (χ1) is 13.5. The van der Waals surface area contributed by atoms with Crippen molar-refractivity contribution >= 4 is 12.1 Å². The molecule has 4 rings (SSSR count). The molecule has 5 heteroatoms. The average molecular weight is 379 g/mol. The normalized spacial score (nSPS) is 21.1. The van der Waals surface area contributed by atoms with Crippen LogP contribution in [-0.4, -0.2) is 41.3 Å². The molecule has 0 bridgehead atoms. The summed E-state index contributed by atoms with van der Waals surface area (Å²) in [6.07, 6.45) is 1.21. The van der Waals surface area contributed by atoms with Gasteiger partial charge in [-0.05, 0) is 41.0 Å². The third-order valence-electron chi connectivity index (χ3n) is 5.92. The lowest BCUT2D eigenvalue weighted by Crippen LogP contribution is -2.47. The minimum Gasteiger partial charge on any atom is -0.481 e. The van der Waals surface area contributed by atoms with Crippen molar-refractivity contribution in [1.82, 2.24) is 4.90 Å². The Kier molecular flexibility index (Phi) is 5.07. The second-order valence-electron chi connectivity index (χ2n) is 7.89. The number of nitrogens with zero attached hydrogens (tertiary/aromatic N) is 1. The highest BCUT2D eigenvalue weighted by atomic mass is 16.6. The van der Waals surface area contributed by atoms with Crippen LogP contribution in [0.4, 0.5) is 4.79 Å². The summed E-state index contributed by atoms with van der Waals surface area (Å²) in [5.74, 6) is -0.516. The maximum absolute atomic E-state index is 12.8. The molecule has 28 heavy (non-hydrogen) atoms. The lowest BCUT2D eigenvalue weighted by molar-refractivity contribution is -0.138. The highest BCUT2D eigenvalue weighted by Crippen LogP contribution is 2.44. The van der Waals surface area contributed by atoms with E-state index in [0.29, 0.717) is 18.9 Å². The summed E-state index contributed by atoms with van der Waals surface area (Å²) < 4.78 is 5.73. The highest BCUT2D eigenvalue weighted by Gasteiger charge is 2.34. The van der Waals surface area contributed by atoms with E-state index in [9.17, 15) is 14.7 Å². The molecule has 0 saturated carbocycles. The summed E-state index contributed by atoms with van der Waals surface area (Å²) in [4.78, 5) is 25.6. The summed E-state index contributed by atoms with van der Waals surface area (Å²) in [6.45, 7) is 2.90. The maximum atomic E-state index is 12.8. The fourth-order valence-electron chi connectivity index (χ4n) is 4.52. The topological polar surface area (TPSA) is 66.8 Å². The van der Waals surface area contributed by atoms with Gasteiger partial charge in [-0.25, -0.2) is 4.79 Å². The van der Waals surface area contributed by atoms with Gasteiger partial charge in [0.1, 0.15) is 6.61 Å².